The Morgan fingerprint density at radius 1 is 1.36 bits per heavy atom. The number of likely N-dealkylation sites (tertiary alicyclic amines) is 1. The van der Waals surface area contributed by atoms with Gasteiger partial charge in [0.1, 0.15) is 5.82 Å². The lowest BCUT2D eigenvalue weighted by molar-refractivity contribution is -0.119. The van der Waals surface area contributed by atoms with Gasteiger partial charge in [-0.3, -0.25) is 4.79 Å². The van der Waals surface area contributed by atoms with E-state index < -0.39 is 0 Å². The molecule has 1 aromatic heterocycles. The van der Waals surface area contributed by atoms with Crippen LogP contribution in [0.3, 0.4) is 0 Å². The van der Waals surface area contributed by atoms with Gasteiger partial charge in [0.15, 0.2) is 6.19 Å². The number of morpholine rings is 1. The molecule has 1 N–H and O–H groups in total. The summed E-state index contributed by atoms with van der Waals surface area (Å²) < 4.78 is 5.33. The van der Waals surface area contributed by atoms with Crippen LogP contribution < -0.4 is 10.2 Å². The van der Waals surface area contributed by atoms with Crippen LogP contribution in [0.1, 0.15) is 6.42 Å². The average molecular weight is 301 g/mol. The molecule has 3 rings (SSSR count). The zero-order valence-electron chi connectivity index (χ0n) is 12.4. The number of hydrogen-bond donors (Lipinski definition) is 1. The number of rotatable bonds is 3. The van der Waals surface area contributed by atoms with Crippen molar-refractivity contribution in [3.8, 4) is 6.19 Å². The van der Waals surface area contributed by atoms with Gasteiger partial charge in [-0.2, -0.15) is 5.26 Å². The highest BCUT2D eigenvalue weighted by atomic mass is 16.5. The lowest BCUT2D eigenvalue weighted by Gasteiger charge is -2.28. The van der Waals surface area contributed by atoms with E-state index in [1.54, 1.807) is 11.1 Å². The van der Waals surface area contributed by atoms with Crippen molar-refractivity contribution in [2.24, 2.45) is 5.92 Å². The van der Waals surface area contributed by atoms with Gasteiger partial charge in [0.2, 0.25) is 5.91 Å². The highest BCUT2D eigenvalue weighted by Gasteiger charge is 2.27. The molecular weight excluding hydrogens is 282 g/mol. The van der Waals surface area contributed by atoms with E-state index in [-0.39, 0.29) is 11.8 Å². The number of nitriles is 1. The minimum atomic E-state index is -0.139. The molecule has 0 aromatic carbocycles. The summed E-state index contributed by atoms with van der Waals surface area (Å²) in [6.45, 7) is 4.33. The molecule has 116 valence electrons. The van der Waals surface area contributed by atoms with Gasteiger partial charge >= 0.3 is 0 Å². The van der Waals surface area contributed by atoms with Crippen molar-refractivity contribution in [2.45, 2.75) is 6.42 Å². The normalized spacial score (nSPS) is 21.5. The number of hydrogen-bond acceptors (Lipinski definition) is 6. The number of carbonyl (C=O) groups excluding carboxylic acids is 1. The number of pyridine rings is 1. The number of carbonyl (C=O) groups is 1. The summed E-state index contributed by atoms with van der Waals surface area (Å²) in [5.41, 5.74) is 1.04. The number of aromatic nitrogens is 1. The molecule has 2 aliphatic rings. The molecule has 0 aliphatic carbocycles. The predicted molar refractivity (Wildman–Crippen MR) is 81.2 cm³/mol. The maximum Gasteiger partial charge on any atom is 0.230 e. The maximum absolute atomic E-state index is 12.1. The van der Waals surface area contributed by atoms with E-state index in [4.69, 9.17) is 10.00 Å². The average Bonchev–Trinajstić information content (AvgIpc) is 3.06. The first-order chi connectivity index (χ1) is 10.8. The highest BCUT2D eigenvalue weighted by Crippen LogP contribution is 2.19. The van der Waals surface area contributed by atoms with Gasteiger partial charge in [-0.05, 0) is 18.6 Å². The molecule has 0 spiro atoms. The van der Waals surface area contributed by atoms with Crippen LogP contribution in [0.15, 0.2) is 18.3 Å². The Labute approximate surface area is 129 Å². The van der Waals surface area contributed by atoms with Crippen LogP contribution in [0.4, 0.5) is 11.5 Å². The van der Waals surface area contributed by atoms with E-state index in [1.165, 1.54) is 0 Å². The first kappa shape index (κ1) is 14.6. The first-order valence-electron chi connectivity index (χ1n) is 7.50. The SMILES string of the molecule is N#CN1CCC(C(=O)Nc2ccc(N3CCOCC3)cn2)C1. The molecule has 2 fully saturated rings. The molecule has 1 unspecified atom stereocenters. The molecule has 2 saturated heterocycles. The van der Waals surface area contributed by atoms with Crippen molar-refractivity contribution in [1.82, 2.24) is 9.88 Å². The summed E-state index contributed by atoms with van der Waals surface area (Å²) in [7, 11) is 0. The Morgan fingerprint density at radius 3 is 2.82 bits per heavy atom. The Bertz CT molecular complexity index is 562. The topological polar surface area (TPSA) is 81.5 Å². The minimum absolute atomic E-state index is 0.0654. The van der Waals surface area contributed by atoms with Gasteiger partial charge in [-0.15, -0.1) is 0 Å². The monoisotopic (exact) mass is 301 g/mol. The van der Waals surface area contributed by atoms with Crippen LogP contribution >= 0.6 is 0 Å². The molecule has 3 heterocycles. The van der Waals surface area contributed by atoms with Gasteiger partial charge in [0.25, 0.3) is 0 Å². The van der Waals surface area contributed by atoms with Crippen molar-refractivity contribution >= 4 is 17.4 Å². The summed E-state index contributed by atoms with van der Waals surface area (Å²) in [5, 5.41) is 11.7. The van der Waals surface area contributed by atoms with E-state index in [1.807, 2.05) is 12.1 Å². The van der Waals surface area contributed by atoms with Crippen LogP contribution in [0, 0.1) is 17.4 Å². The van der Waals surface area contributed by atoms with Crippen LogP contribution in [0.5, 0.6) is 0 Å². The van der Waals surface area contributed by atoms with E-state index in [0.29, 0.717) is 25.3 Å². The third-order valence-electron chi connectivity index (χ3n) is 4.08. The Hall–Kier alpha value is -2.33. The molecule has 1 atom stereocenters. The van der Waals surface area contributed by atoms with Crippen LogP contribution in [-0.2, 0) is 9.53 Å². The van der Waals surface area contributed by atoms with E-state index in [9.17, 15) is 4.79 Å². The summed E-state index contributed by atoms with van der Waals surface area (Å²) in [6.07, 6.45) is 4.57. The van der Waals surface area contributed by atoms with Crippen molar-refractivity contribution in [1.29, 1.82) is 5.26 Å². The number of nitrogens with zero attached hydrogens (tertiary/aromatic N) is 4. The number of amides is 1. The second kappa shape index (κ2) is 6.62. The zero-order valence-corrected chi connectivity index (χ0v) is 12.4. The fourth-order valence-corrected chi connectivity index (χ4v) is 2.76. The van der Waals surface area contributed by atoms with Crippen LogP contribution in [0.25, 0.3) is 0 Å². The molecule has 1 amide bonds. The minimum Gasteiger partial charge on any atom is -0.378 e. The van der Waals surface area contributed by atoms with Crippen molar-refractivity contribution < 1.29 is 9.53 Å². The standard InChI is InChI=1S/C15H19N5O2/c16-11-19-4-3-12(10-19)15(21)18-14-2-1-13(9-17-14)20-5-7-22-8-6-20/h1-2,9,12H,3-8,10H2,(H,17,18,21). The fourth-order valence-electron chi connectivity index (χ4n) is 2.76. The molecule has 2 aliphatic heterocycles. The quantitative estimate of drug-likeness (QED) is 0.826. The molecule has 0 radical (unpaired) electrons. The molecule has 0 bridgehead atoms. The Balaban J connectivity index is 1.57. The molecule has 22 heavy (non-hydrogen) atoms. The number of nitrogens with one attached hydrogen (secondary N) is 1. The molecule has 7 nitrogen and oxygen atoms in total. The molecule has 7 heteroatoms. The molecule has 1 aromatic rings. The predicted octanol–water partition coefficient (Wildman–Crippen LogP) is 0.660. The van der Waals surface area contributed by atoms with Crippen molar-refractivity contribution in [3.63, 3.8) is 0 Å². The number of anilines is 2. The van der Waals surface area contributed by atoms with Gasteiger partial charge in [-0.1, -0.05) is 0 Å². The third-order valence-corrected chi connectivity index (χ3v) is 4.08. The smallest absolute Gasteiger partial charge is 0.230 e. The Kier molecular flexibility index (Phi) is 4.39. The van der Waals surface area contributed by atoms with Gasteiger partial charge < -0.3 is 19.9 Å². The van der Waals surface area contributed by atoms with Gasteiger partial charge in [0, 0.05) is 26.2 Å². The summed E-state index contributed by atoms with van der Waals surface area (Å²) in [6, 6.07) is 3.78. The van der Waals surface area contributed by atoms with Gasteiger partial charge in [-0.25, -0.2) is 4.98 Å². The van der Waals surface area contributed by atoms with E-state index >= 15 is 0 Å². The Morgan fingerprint density at radius 2 is 2.18 bits per heavy atom. The first-order valence-corrected chi connectivity index (χ1v) is 7.50. The lowest BCUT2D eigenvalue weighted by atomic mass is 10.1. The lowest BCUT2D eigenvalue weighted by Crippen LogP contribution is -2.36. The summed E-state index contributed by atoms with van der Waals surface area (Å²) >= 11 is 0. The third kappa shape index (κ3) is 3.28. The number of ether oxygens (including phenoxy) is 1. The zero-order chi connectivity index (χ0) is 15.4. The van der Waals surface area contributed by atoms with E-state index in [0.717, 1.165) is 32.0 Å². The maximum atomic E-state index is 12.1. The van der Waals surface area contributed by atoms with Crippen molar-refractivity contribution in [3.05, 3.63) is 18.3 Å². The largest absolute Gasteiger partial charge is 0.378 e. The van der Waals surface area contributed by atoms with Crippen LogP contribution in [-0.4, -0.2) is 55.2 Å². The van der Waals surface area contributed by atoms with Crippen molar-refractivity contribution in [2.75, 3.05) is 49.6 Å². The summed E-state index contributed by atoms with van der Waals surface area (Å²) in [4.78, 5) is 20.3. The van der Waals surface area contributed by atoms with E-state index in [2.05, 4.69) is 21.4 Å². The second-order valence-electron chi connectivity index (χ2n) is 5.52. The summed E-state index contributed by atoms with van der Waals surface area (Å²) in [5.74, 6) is 0.349. The van der Waals surface area contributed by atoms with Crippen LogP contribution in [0.2, 0.25) is 0 Å². The molecular formula is C15H19N5O2. The fraction of sp³-hybridized carbons (Fsp3) is 0.533. The second-order valence-corrected chi connectivity index (χ2v) is 5.52. The molecule has 0 saturated carbocycles. The highest BCUT2D eigenvalue weighted by molar-refractivity contribution is 5.92. The van der Waals surface area contributed by atoms with Gasteiger partial charge in [0.05, 0.1) is 31.0 Å².